The molecule has 13 heavy (non-hydrogen) atoms. The highest BCUT2D eigenvalue weighted by Crippen LogP contribution is 2.24. The van der Waals surface area contributed by atoms with Crippen molar-refractivity contribution in [1.29, 1.82) is 0 Å². The van der Waals surface area contributed by atoms with E-state index >= 15 is 0 Å². The van der Waals surface area contributed by atoms with E-state index in [-0.39, 0.29) is 6.67 Å². The summed E-state index contributed by atoms with van der Waals surface area (Å²) in [6, 6.07) is 5.36. The van der Waals surface area contributed by atoms with Crippen molar-refractivity contribution in [2.45, 2.75) is 6.42 Å². The van der Waals surface area contributed by atoms with Gasteiger partial charge in [-0.15, -0.1) is 0 Å². The van der Waals surface area contributed by atoms with Gasteiger partial charge in [-0.05, 0) is 18.2 Å². The van der Waals surface area contributed by atoms with E-state index in [2.05, 4.69) is 0 Å². The van der Waals surface area contributed by atoms with E-state index in [0.29, 0.717) is 12.2 Å². The molecule has 2 nitrogen and oxygen atoms in total. The molecular weight excluding hydrogens is 171 g/mol. The highest BCUT2D eigenvalue weighted by molar-refractivity contribution is 5.40. The minimum Gasteiger partial charge on any atom is -0.497 e. The van der Waals surface area contributed by atoms with E-state index in [1.165, 1.54) is 0 Å². The fourth-order valence-electron chi connectivity index (χ4n) is 1.18. The monoisotopic (exact) mass is 184 g/mol. The third-order valence-electron chi connectivity index (χ3n) is 1.85. The lowest BCUT2D eigenvalue weighted by Gasteiger charge is -2.08. The Balaban J connectivity index is 2.95. The molecule has 0 radical (unpaired) electrons. The minimum absolute atomic E-state index is 0.361. The van der Waals surface area contributed by atoms with Gasteiger partial charge in [0, 0.05) is 12.0 Å². The summed E-state index contributed by atoms with van der Waals surface area (Å²) in [7, 11) is 3.16. The van der Waals surface area contributed by atoms with Gasteiger partial charge in [0.2, 0.25) is 0 Å². The predicted molar refractivity (Wildman–Crippen MR) is 49.2 cm³/mol. The van der Waals surface area contributed by atoms with Crippen LogP contribution in [0.15, 0.2) is 18.2 Å². The van der Waals surface area contributed by atoms with Gasteiger partial charge < -0.3 is 9.47 Å². The van der Waals surface area contributed by atoms with E-state index in [9.17, 15) is 4.39 Å². The molecule has 3 heteroatoms. The second-order valence-corrected chi connectivity index (χ2v) is 2.62. The molecule has 0 saturated carbocycles. The van der Waals surface area contributed by atoms with Crippen molar-refractivity contribution in [2.24, 2.45) is 0 Å². The first-order valence-corrected chi connectivity index (χ1v) is 4.08. The Morgan fingerprint density at radius 1 is 1.23 bits per heavy atom. The molecule has 1 aromatic carbocycles. The van der Waals surface area contributed by atoms with Crippen LogP contribution >= 0.6 is 0 Å². The van der Waals surface area contributed by atoms with Gasteiger partial charge in [0.25, 0.3) is 0 Å². The van der Waals surface area contributed by atoms with Crippen molar-refractivity contribution < 1.29 is 13.9 Å². The van der Waals surface area contributed by atoms with Crippen molar-refractivity contribution in [2.75, 3.05) is 20.9 Å². The zero-order valence-electron chi connectivity index (χ0n) is 7.84. The lowest BCUT2D eigenvalue weighted by molar-refractivity contribution is 0.395. The molecule has 0 atom stereocenters. The number of alkyl halides is 1. The summed E-state index contributed by atoms with van der Waals surface area (Å²) in [5.74, 6) is 1.43. The third-order valence-corrected chi connectivity index (χ3v) is 1.85. The fourth-order valence-corrected chi connectivity index (χ4v) is 1.18. The number of benzene rings is 1. The molecule has 0 fully saturated rings. The molecular formula is C10H13FO2. The molecule has 0 saturated heterocycles. The number of hydrogen-bond acceptors (Lipinski definition) is 2. The molecule has 0 N–H and O–H groups in total. The van der Waals surface area contributed by atoms with Crippen LogP contribution in [0.25, 0.3) is 0 Å². The van der Waals surface area contributed by atoms with Crippen LogP contribution in [0.3, 0.4) is 0 Å². The Kier molecular flexibility index (Phi) is 3.55. The van der Waals surface area contributed by atoms with E-state index in [4.69, 9.17) is 9.47 Å². The van der Waals surface area contributed by atoms with Gasteiger partial charge in [-0.2, -0.15) is 0 Å². The van der Waals surface area contributed by atoms with Crippen molar-refractivity contribution in [1.82, 2.24) is 0 Å². The van der Waals surface area contributed by atoms with E-state index < -0.39 is 0 Å². The molecule has 1 rings (SSSR count). The average molecular weight is 184 g/mol. The highest BCUT2D eigenvalue weighted by atomic mass is 19.1. The third kappa shape index (κ3) is 2.34. The van der Waals surface area contributed by atoms with Gasteiger partial charge in [-0.1, -0.05) is 0 Å². The Morgan fingerprint density at radius 3 is 2.54 bits per heavy atom. The second-order valence-electron chi connectivity index (χ2n) is 2.62. The standard InChI is InChI=1S/C10H13FO2/c1-12-9-3-4-10(13-2)8(7-9)5-6-11/h3-4,7H,5-6H2,1-2H3. The molecule has 0 spiro atoms. The zero-order chi connectivity index (χ0) is 9.68. The van der Waals surface area contributed by atoms with Crippen molar-refractivity contribution in [3.05, 3.63) is 23.8 Å². The van der Waals surface area contributed by atoms with E-state index in [1.807, 2.05) is 0 Å². The van der Waals surface area contributed by atoms with Crippen LogP contribution in [-0.2, 0) is 6.42 Å². The normalized spacial score (nSPS) is 9.77. The topological polar surface area (TPSA) is 18.5 Å². The summed E-state index contributed by atoms with van der Waals surface area (Å²) in [6.45, 7) is -0.385. The van der Waals surface area contributed by atoms with E-state index in [0.717, 1.165) is 11.3 Å². The van der Waals surface area contributed by atoms with Crippen LogP contribution in [0.4, 0.5) is 4.39 Å². The van der Waals surface area contributed by atoms with Gasteiger partial charge in [0.05, 0.1) is 20.9 Å². The molecule has 0 aliphatic heterocycles. The summed E-state index contributed by atoms with van der Waals surface area (Å²) in [5.41, 5.74) is 0.837. The molecule has 0 bridgehead atoms. The van der Waals surface area contributed by atoms with Gasteiger partial charge >= 0.3 is 0 Å². The summed E-state index contributed by atoms with van der Waals surface area (Å²) in [5, 5.41) is 0. The number of hydrogen-bond donors (Lipinski definition) is 0. The average Bonchev–Trinajstić information content (AvgIpc) is 2.18. The SMILES string of the molecule is COc1ccc(OC)c(CCF)c1. The lowest BCUT2D eigenvalue weighted by Crippen LogP contribution is -1.94. The summed E-state index contributed by atoms with van der Waals surface area (Å²) < 4.78 is 22.2. The molecule has 0 aromatic heterocycles. The number of aryl methyl sites for hydroxylation is 1. The Hall–Kier alpha value is -1.25. The summed E-state index contributed by atoms with van der Waals surface area (Å²) >= 11 is 0. The van der Waals surface area contributed by atoms with Crippen molar-refractivity contribution in [3.63, 3.8) is 0 Å². The lowest BCUT2D eigenvalue weighted by atomic mass is 10.1. The smallest absolute Gasteiger partial charge is 0.122 e. The molecule has 0 amide bonds. The second kappa shape index (κ2) is 4.70. The molecule has 1 aromatic rings. The Labute approximate surface area is 77.3 Å². The fraction of sp³-hybridized carbons (Fsp3) is 0.400. The quantitative estimate of drug-likeness (QED) is 0.714. The van der Waals surface area contributed by atoms with Gasteiger partial charge in [-0.3, -0.25) is 4.39 Å². The number of rotatable bonds is 4. The molecule has 72 valence electrons. The predicted octanol–water partition coefficient (Wildman–Crippen LogP) is 2.22. The summed E-state index contributed by atoms with van der Waals surface area (Å²) in [6.07, 6.45) is 0.361. The largest absolute Gasteiger partial charge is 0.497 e. The van der Waals surface area contributed by atoms with Crippen LogP contribution in [0.1, 0.15) is 5.56 Å². The Bertz CT molecular complexity index is 274. The van der Waals surface area contributed by atoms with Crippen LogP contribution in [-0.4, -0.2) is 20.9 Å². The highest BCUT2D eigenvalue weighted by Gasteiger charge is 2.03. The molecule has 0 unspecified atom stereocenters. The van der Waals surface area contributed by atoms with E-state index in [1.54, 1.807) is 32.4 Å². The zero-order valence-corrected chi connectivity index (χ0v) is 7.84. The van der Waals surface area contributed by atoms with Crippen LogP contribution < -0.4 is 9.47 Å². The minimum atomic E-state index is -0.385. The number of ether oxygens (including phenoxy) is 2. The van der Waals surface area contributed by atoms with Crippen LogP contribution in [0.5, 0.6) is 11.5 Å². The van der Waals surface area contributed by atoms with Crippen LogP contribution in [0, 0.1) is 0 Å². The van der Waals surface area contributed by atoms with Crippen molar-refractivity contribution in [3.8, 4) is 11.5 Å². The maximum atomic E-state index is 12.1. The van der Waals surface area contributed by atoms with Gasteiger partial charge in [-0.25, -0.2) is 0 Å². The van der Waals surface area contributed by atoms with Crippen LogP contribution in [0.2, 0.25) is 0 Å². The maximum Gasteiger partial charge on any atom is 0.122 e. The van der Waals surface area contributed by atoms with Gasteiger partial charge in [0.15, 0.2) is 0 Å². The maximum absolute atomic E-state index is 12.1. The molecule has 0 heterocycles. The summed E-state index contributed by atoms with van der Waals surface area (Å²) in [4.78, 5) is 0. The first-order chi connectivity index (χ1) is 6.31. The molecule has 0 aliphatic rings. The van der Waals surface area contributed by atoms with Crippen molar-refractivity contribution >= 4 is 0 Å². The first-order valence-electron chi connectivity index (χ1n) is 4.08. The number of methoxy groups -OCH3 is 2. The van der Waals surface area contributed by atoms with Gasteiger partial charge in [0.1, 0.15) is 11.5 Å². The molecule has 0 aliphatic carbocycles. The Morgan fingerprint density at radius 2 is 2.00 bits per heavy atom. The first kappa shape index (κ1) is 9.84. The number of halogens is 1.